The molecule has 0 nitrogen and oxygen atoms in total. The molecule has 0 saturated carbocycles. The van der Waals surface area contributed by atoms with Gasteiger partial charge in [0.25, 0.3) is 0 Å². The van der Waals surface area contributed by atoms with Gasteiger partial charge in [-0.2, -0.15) is 0 Å². The van der Waals surface area contributed by atoms with E-state index in [0.717, 1.165) is 0 Å². The number of allylic oxidation sites excluding steroid dienone is 4. The molecule has 0 saturated heterocycles. The summed E-state index contributed by atoms with van der Waals surface area (Å²) in [5.41, 5.74) is 0.583. The molecule has 0 amide bonds. The van der Waals surface area contributed by atoms with Gasteiger partial charge in [0.1, 0.15) is 0 Å². The first kappa shape index (κ1) is 8.73. The van der Waals surface area contributed by atoms with E-state index >= 15 is 0 Å². The minimum atomic E-state index is -1.37. The van der Waals surface area contributed by atoms with Gasteiger partial charge < -0.3 is 0 Å². The van der Waals surface area contributed by atoms with Crippen molar-refractivity contribution in [1.29, 1.82) is 0 Å². The summed E-state index contributed by atoms with van der Waals surface area (Å²) in [4.78, 5) is 0. The maximum atomic E-state index is 5.73. The SMILES string of the molecule is ClC1=C(C(Cl)(Cl)Cl)C=CC1. The maximum absolute atomic E-state index is 5.73. The molecular formula is C6H4Cl4. The van der Waals surface area contributed by atoms with Crippen molar-refractivity contribution in [1.82, 2.24) is 0 Å². The summed E-state index contributed by atoms with van der Waals surface area (Å²) in [5.74, 6) is 0. The standard InChI is InChI=1S/C6H4Cl4/c7-5-3-1-2-4(5)6(8,9)10/h1-2H,3H2. The Morgan fingerprint density at radius 3 is 2.10 bits per heavy atom. The molecule has 0 spiro atoms. The number of alkyl halides is 3. The summed E-state index contributed by atoms with van der Waals surface area (Å²) >= 11 is 22.4. The van der Waals surface area contributed by atoms with Gasteiger partial charge in [-0.1, -0.05) is 58.6 Å². The molecule has 0 aliphatic heterocycles. The van der Waals surface area contributed by atoms with Gasteiger partial charge >= 0.3 is 0 Å². The monoisotopic (exact) mass is 216 g/mol. The van der Waals surface area contributed by atoms with Crippen LogP contribution in [-0.2, 0) is 0 Å². The molecule has 0 N–H and O–H groups in total. The molecule has 0 aromatic rings. The number of halogens is 4. The first-order valence-corrected chi connectivity index (χ1v) is 4.15. The van der Waals surface area contributed by atoms with Crippen molar-refractivity contribution in [3.63, 3.8) is 0 Å². The van der Waals surface area contributed by atoms with E-state index < -0.39 is 3.79 Å². The van der Waals surface area contributed by atoms with Crippen LogP contribution in [0.4, 0.5) is 0 Å². The molecule has 0 fully saturated rings. The first-order valence-electron chi connectivity index (χ1n) is 2.64. The Kier molecular flexibility index (Phi) is 2.57. The zero-order valence-corrected chi connectivity index (χ0v) is 7.90. The van der Waals surface area contributed by atoms with E-state index in [2.05, 4.69) is 0 Å². The summed E-state index contributed by atoms with van der Waals surface area (Å²) in [6.07, 6.45) is 4.26. The van der Waals surface area contributed by atoms with Gasteiger partial charge in [0.15, 0.2) is 0 Å². The van der Waals surface area contributed by atoms with E-state index in [1.165, 1.54) is 0 Å². The van der Waals surface area contributed by atoms with Crippen LogP contribution in [-0.4, -0.2) is 3.79 Å². The molecule has 0 radical (unpaired) electrons. The molecule has 0 atom stereocenters. The first-order chi connectivity index (χ1) is 4.52. The van der Waals surface area contributed by atoms with Crippen LogP contribution in [0.15, 0.2) is 22.8 Å². The number of hydrogen-bond donors (Lipinski definition) is 0. The van der Waals surface area contributed by atoms with Gasteiger partial charge in [-0.3, -0.25) is 0 Å². The summed E-state index contributed by atoms with van der Waals surface area (Å²) in [7, 11) is 0. The van der Waals surface area contributed by atoms with Crippen LogP contribution in [0.25, 0.3) is 0 Å². The van der Waals surface area contributed by atoms with E-state index in [1.807, 2.05) is 6.08 Å². The van der Waals surface area contributed by atoms with Crippen molar-refractivity contribution in [2.75, 3.05) is 0 Å². The third-order valence-electron chi connectivity index (χ3n) is 1.18. The molecule has 1 aliphatic carbocycles. The second kappa shape index (κ2) is 2.94. The quantitative estimate of drug-likeness (QED) is 0.542. The third-order valence-corrected chi connectivity index (χ3v) is 2.15. The van der Waals surface area contributed by atoms with Crippen LogP contribution in [0.1, 0.15) is 6.42 Å². The second-order valence-corrected chi connectivity index (χ2v) is 4.66. The van der Waals surface area contributed by atoms with Crippen LogP contribution in [0, 0.1) is 0 Å². The lowest BCUT2D eigenvalue weighted by Gasteiger charge is -2.10. The average molecular weight is 218 g/mol. The summed E-state index contributed by atoms with van der Waals surface area (Å²) in [5, 5.41) is 0.611. The Labute approximate surface area is 79.4 Å². The van der Waals surface area contributed by atoms with Crippen molar-refractivity contribution < 1.29 is 0 Å². The van der Waals surface area contributed by atoms with Crippen LogP contribution in [0.3, 0.4) is 0 Å². The summed E-state index contributed by atoms with van der Waals surface area (Å²) in [6, 6.07) is 0. The predicted molar refractivity (Wildman–Crippen MR) is 46.9 cm³/mol. The third kappa shape index (κ3) is 1.82. The highest BCUT2D eigenvalue weighted by molar-refractivity contribution is 6.70. The summed E-state index contributed by atoms with van der Waals surface area (Å²) in [6.45, 7) is 0. The Hall–Kier alpha value is 0.640. The fourth-order valence-electron chi connectivity index (χ4n) is 0.729. The molecule has 0 bridgehead atoms. The minimum Gasteiger partial charge on any atom is -0.0883 e. The minimum absolute atomic E-state index is 0.583. The fourth-order valence-corrected chi connectivity index (χ4v) is 1.70. The highest BCUT2D eigenvalue weighted by atomic mass is 35.6. The normalized spacial score (nSPS) is 18.8. The zero-order valence-electron chi connectivity index (χ0n) is 4.87. The van der Waals surface area contributed by atoms with Crippen molar-refractivity contribution in [3.8, 4) is 0 Å². The van der Waals surface area contributed by atoms with E-state index in [9.17, 15) is 0 Å². The molecule has 0 unspecified atom stereocenters. The van der Waals surface area contributed by atoms with Crippen LogP contribution in [0.2, 0.25) is 0 Å². The van der Waals surface area contributed by atoms with Crippen molar-refractivity contribution in [2.24, 2.45) is 0 Å². The molecule has 4 heteroatoms. The topological polar surface area (TPSA) is 0 Å². The molecule has 1 aliphatic rings. The molecule has 10 heavy (non-hydrogen) atoms. The molecule has 1 rings (SSSR count). The Morgan fingerprint density at radius 1 is 1.30 bits per heavy atom. The van der Waals surface area contributed by atoms with Gasteiger partial charge in [-0.15, -0.1) is 0 Å². The lowest BCUT2D eigenvalue weighted by molar-refractivity contribution is 1.30. The molecule has 0 heterocycles. The highest BCUT2D eigenvalue weighted by Gasteiger charge is 2.28. The lowest BCUT2D eigenvalue weighted by Crippen LogP contribution is -2.04. The smallest absolute Gasteiger partial charge is 0.0883 e. The number of rotatable bonds is 0. The van der Waals surface area contributed by atoms with Crippen molar-refractivity contribution in [2.45, 2.75) is 10.2 Å². The predicted octanol–water partition coefficient (Wildman–Crippen LogP) is 3.81. The average Bonchev–Trinajstić information content (AvgIpc) is 2.11. The van der Waals surface area contributed by atoms with E-state index in [-0.39, 0.29) is 0 Å². The highest BCUT2D eigenvalue weighted by Crippen LogP contribution is 2.41. The molecule has 0 aromatic carbocycles. The van der Waals surface area contributed by atoms with Gasteiger partial charge in [0, 0.05) is 17.0 Å². The molecular weight excluding hydrogens is 214 g/mol. The number of hydrogen-bond acceptors (Lipinski definition) is 0. The van der Waals surface area contributed by atoms with Gasteiger partial charge in [0.2, 0.25) is 3.79 Å². The van der Waals surface area contributed by atoms with Crippen LogP contribution >= 0.6 is 46.4 Å². The van der Waals surface area contributed by atoms with E-state index in [1.54, 1.807) is 6.08 Å². The zero-order chi connectivity index (χ0) is 7.78. The molecule has 56 valence electrons. The van der Waals surface area contributed by atoms with Crippen LogP contribution < -0.4 is 0 Å². The summed E-state index contributed by atoms with van der Waals surface area (Å²) < 4.78 is -1.37. The van der Waals surface area contributed by atoms with E-state index in [0.29, 0.717) is 17.0 Å². The maximum Gasteiger partial charge on any atom is 0.217 e. The van der Waals surface area contributed by atoms with Crippen molar-refractivity contribution >= 4 is 46.4 Å². The fraction of sp³-hybridized carbons (Fsp3) is 0.333. The van der Waals surface area contributed by atoms with Crippen molar-refractivity contribution in [3.05, 3.63) is 22.8 Å². The Balaban J connectivity index is 2.91. The van der Waals surface area contributed by atoms with E-state index in [4.69, 9.17) is 46.4 Å². The van der Waals surface area contributed by atoms with Crippen LogP contribution in [0.5, 0.6) is 0 Å². The van der Waals surface area contributed by atoms with Gasteiger partial charge in [-0.05, 0) is 0 Å². The Bertz CT molecular complexity index is 196. The lowest BCUT2D eigenvalue weighted by atomic mass is 10.3. The largest absolute Gasteiger partial charge is 0.217 e. The van der Waals surface area contributed by atoms with Gasteiger partial charge in [0.05, 0.1) is 0 Å². The Morgan fingerprint density at radius 2 is 1.90 bits per heavy atom. The second-order valence-electron chi connectivity index (χ2n) is 1.92. The van der Waals surface area contributed by atoms with Gasteiger partial charge in [-0.25, -0.2) is 0 Å². The molecule has 0 aromatic heterocycles.